The van der Waals surface area contributed by atoms with E-state index in [-0.39, 0.29) is 17.4 Å². The summed E-state index contributed by atoms with van der Waals surface area (Å²) in [5.41, 5.74) is 2.31. The van der Waals surface area contributed by atoms with Crippen molar-refractivity contribution in [1.29, 1.82) is 0 Å². The summed E-state index contributed by atoms with van der Waals surface area (Å²) in [4.78, 5) is 12.6. The summed E-state index contributed by atoms with van der Waals surface area (Å²) in [5, 5.41) is 24.5. The van der Waals surface area contributed by atoms with E-state index in [1.54, 1.807) is 31.2 Å². The highest BCUT2D eigenvalue weighted by molar-refractivity contribution is 9.10. The summed E-state index contributed by atoms with van der Waals surface area (Å²) in [7, 11) is 0. The molecule has 0 fully saturated rings. The summed E-state index contributed by atoms with van der Waals surface area (Å²) < 4.78 is 0.920. The van der Waals surface area contributed by atoms with Crippen molar-refractivity contribution in [1.82, 2.24) is 0 Å². The first-order chi connectivity index (χ1) is 11.0. The van der Waals surface area contributed by atoms with Gasteiger partial charge in [-0.15, -0.1) is 0 Å². The van der Waals surface area contributed by atoms with Crippen LogP contribution in [0.15, 0.2) is 57.6 Å². The van der Waals surface area contributed by atoms with E-state index in [1.165, 1.54) is 17.1 Å². The van der Waals surface area contributed by atoms with E-state index in [0.717, 1.165) is 4.47 Å². The molecule has 1 amide bonds. The minimum Gasteiger partial charge on any atom is -0.504 e. The molecule has 2 aromatic rings. The molecule has 0 saturated carbocycles. The van der Waals surface area contributed by atoms with Crippen LogP contribution in [-0.2, 0) is 4.79 Å². The Labute approximate surface area is 141 Å². The minimum atomic E-state index is -0.239. The maximum atomic E-state index is 12.6. The van der Waals surface area contributed by atoms with Crippen molar-refractivity contribution in [3.05, 3.63) is 58.1 Å². The highest BCUT2D eigenvalue weighted by atomic mass is 79.9. The van der Waals surface area contributed by atoms with Gasteiger partial charge < -0.3 is 10.2 Å². The Hall–Kier alpha value is -2.60. The molecule has 5 nitrogen and oxygen atoms in total. The van der Waals surface area contributed by atoms with Gasteiger partial charge in [0.15, 0.2) is 11.5 Å². The fourth-order valence-corrected chi connectivity index (χ4v) is 2.50. The number of hydrogen-bond donors (Lipinski definition) is 2. The Morgan fingerprint density at radius 2 is 1.78 bits per heavy atom. The number of carbonyl (C=O) groups excluding carboxylic acids is 1. The van der Waals surface area contributed by atoms with Crippen LogP contribution < -0.4 is 5.01 Å². The molecule has 0 radical (unpaired) electrons. The molecule has 0 spiro atoms. The number of anilines is 1. The zero-order valence-electron chi connectivity index (χ0n) is 12.2. The second kappa shape index (κ2) is 5.89. The molecule has 0 aromatic heterocycles. The number of aromatic hydroxyl groups is 2. The number of hydrogen-bond acceptors (Lipinski definition) is 4. The lowest BCUT2D eigenvalue weighted by molar-refractivity contribution is -0.114. The van der Waals surface area contributed by atoms with Crippen LogP contribution in [0.2, 0.25) is 0 Å². The van der Waals surface area contributed by atoms with Gasteiger partial charge in [0.05, 0.1) is 17.0 Å². The van der Waals surface area contributed by atoms with E-state index in [4.69, 9.17) is 0 Å². The lowest BCUT2D eigenvalue weighted by Crippen LogP contribution is -2.21. The fraction of sp³-hybridized carbons (Fsp3) is 0.0588. The zero-order chi connectivity index (χ0) is 16.6. The number of carbonyl (C=O) groups is 1. The Balaban J connectivity index is 1.94. The van der Waals surface area contributed by atoms with E-state index in [2.05, 4.69) is 21.0 Å². The van der Waals surface area contributed by atoms with E-state index in [0.29, 0.717) is 22.5 Å². The van der Waals surface area contributed by atoms with Crippen LogP contribution in [0.4, 0.5) is 5.69 Å². The number of rotatable bonds is 2. The molecular weight excluding hydrogens is 360 g/mol. The van der Waals surface area contributed by atoms with Crippen molar-refractivity contribution < 1.29 is 15.0 Å². The second-order valence-corrected chi connectivity index (χ2v) is 6.00. The van der Waals surface area contributed by atoms with Crippen molar-refractivity contribution in [2.45, 2.75) is 6.92 Å². The van der Waals surface area contributed by atoms with Crippen LogP contribution in [0.3, 0.4) is 0 Å². The quantitative estimate of drug-likeness (QED) is 0.623. The molecule has 2 aromatic carbocycles. The fourth-order valence-electron chi connectivity index (χ4n) is 2.24. The van der Waals surface area contributed by atoms with Crippen LogP contribution in [-0.4, -0.2) is 21.8 Å². The zero-order valence-corrected chi connectivity index (χ0v) is 13.8. The van der Waals surface area contributed by atoms with Crippen molar-refractivity contribution in [3.8, 4) is 11.5 Å². The first-order valence-corrected chi connectivity index (χ1v) is 7.64. The van der Waals surface area contributed by atoms with E-state index >= 15 is 0 Å². The third-order valence-electron chi connectivity index (χ3n) is 3.44. The third-order valence-corrected chi connectivity index (χ3v) is 3.97. The number of phenols is 2. The Morgan fingerprint density at radius 3 is 2.43 bits per heavy atom. The van der Waals surface area contributed by atoms with Gasteiger partial charge in [-0.05, 0) is 55.0 Å². The van der Waals surface area contributed by atoms with Crippen LogP contribution >= 0.6 is 15.9 Å². The van der Waals surface area contributed by atoms with Crippen LogP contribution in [0.25, 0.3) is 6.08 Å². The molecule has 116 valence electrons. The maximum absolute atomic E-state index is 12.6. The van der Waals surface area contributed by atoms with Crippen molar-refractivity contribution in [3.63, 3.8) is 0 Å². The molecular formula is C17H13BrN2O3. The molecule has 1 aliphatic rings. The maximum Gasteiger partial charge on any atom is 0.280 e. The number of hydrazone groups is 1. The van der Waals surface area contributed by atoms with Crippen molar-refractivity contribution in [2.24, 2.45) is 5.10 Å². The summed E-state index contributed by atoms with van der Waals surface area (Å²) in [6.07, 6.45) is 1.64. The molecule has 0 bridgehead atoms. The average Bonchev–Trinajstić information content (AvgIpc) is 2.80. The predicted molar refractivity (Wildman–Crippen MR) is 92.5 cm³/mol. The predicted octanol–water partition coefficient (Wildman–Crippen LogP) is 3.67. The van der Waals surface area contributed by atoms with E-state index in [9.17, 15) is 15.0 Å². The number of benzene rings is 2. The van der Waals surface area contributed by atoms with Gasteiger partial charge in [-0.3, -0.25) is 4.79 Å². The molecule has 0 saturated heterocycles. The lowest BCUT2D eigenvalue weighted by Gasteiger charge is -2.11. The normalized spacial score (nSPS) is 16.1. The highest BCUT2D eigenvalue weighted by Gasteiger charge is 2.28. The Morgan fingerprint density at radius 1 is 1.09 bits per heavy atom. The number of phenolic OH excluding ortho intramolecular Hbond substituents is 2. The minimum absolute atomic E-state index is 0.202. The summed E-state index contributed by atoms with van der Waals surface area (Å²) in [6, 6.07) is 11.7. The molecule has 23 heavy (non-hydrogen) atoms. The first kappa shape index (κ1) is 15.3. The van der Waals surface area contributed by atoms with Crippen molar-refractivity contribution in [2.75, 3.05) is 5.01 Å². The number of nitrogens with zero attached hydrogens (tertiary/aromatic N) is 2. The standard InChI is InChI=1S/C17H13BrN2O3/c1-10-14(8-11-2-7-15(21)16(22)9-11)17(23)20(19-10)13-5-3-12(18)4-6-13/h2-9,21-22H,1H3. The lowest BCUT2D eigenvalue weighted by atomic mass is 10.1. The van der Waals surface area contributed by atoms with Gasteiger partial charge in [0, 0.05) is 4.47 Å². The third kappa shape index (κ3) is 2.98. The van der Waals surface area contributed by atoms with Gasteiger partial charge >= 0.3 is 0 Å². The molecule has 0 atom stereocenters. The van der Waals surface area contributed by atoms with Gasteiger partial charge in [-0.1, -0.05) is 22.0 Å². The molecule has 1 aliphatic heterocycles. The Kier molecular flexibility index (Phi) is 3.92. The van der Waals surface area contributed by atoms with Crippen LogP contribution in [0.1, 0.15) is 12.5 Å². The monoisotopic (exact) mass is 372 g/mol. The number of halogens is 1. The highest BCUT2D eigenvalue weighted by Crippen LogP contribution is 2.29. The summed E-state index contributed by atoms with van der Waals surface area (Å²) in [5.74, 6) is -0.673. The van der Waals surface area contributed by atoms with Crippen LogP contribution in [0, 0.1) is 0 Å². The van der Waals surface area contributed by atoms with Gasteiger partial charge in [0.1, 0.15) is 0 Å². The summed E-state index contributed by atoms with van der Waals surface area (Å²) >= 11 is 3.35. The molecule has 6 heteroatoms. The summed E-state index contributed by atoms with van der Waals surface area (Å²) in [6.45, 7) is 1.75. The smallest absolute Gasteiger partial charge is 0.280 e. The van der Waals surface area contributed by atoms with E-state index in [1.807, 2.05) is 12.1 Å². The molecule has 1 heterocycles. The molecule has 3 rings (SSSR count). The van der Waals surface area contributed by atoms with Gasteiger partial charge in [-0.2, -0.15) is 10.1 Å². The topological polar surface area (TPSA) is 73.1 Å². The molecule has 2 N–H and O–H groups in total. The van der Waals surface area contributed by atoms with Gasteiger partial charge in [0.25, 0.3) is 5.91 Å². The SMILES string of the molecule is CC1=NN(c2ccc(Br)cc2)C(=O)C1=Cc1ccc(O)c(O)c1. The van der Waals surface area contributed by atoms with E-state index < -0.39 is 0 Å². The van der Waals surface area contributed by atoms with Gasteiger partial charge in [-0.25, -0.2) is 0 Å². The first-order valence-electron chi connectivity index (χ1n) is 6.85. The van der Waals surface area contributed by atoms with Crippen molar-refractivity contribution >= 4 is 39.3 Å². The molecule has 0 aliphatic carbocycles. The largest absolute Gasteiger partial charge is 0.504 e. The van der Waals surface area contributed by atoms with Gasteiger partial charge in [0.2, 0.25) is 0 Å². The second-order valence-electron chi connectivity index (χ2n) is 5.08. The number of amides is 1. The Bertz CT molecular complexity index is 841. The average molecular weight is 373 g/mol. The molecule has 0 unspecified atom stereocenters. The van der Waals surface area contributed by atoms with Crippen LogP contribution in [0.5, 0.6) is 11.5 Å².